The van der Waals surface area contributed by atoms with Crippen molar-refractivity contribution in [3.8, 4) is 0 Å². The second-order valence-electron chi connectivity index (χ2n) is 12.1. The number of anilines is 4. The summed E-state index contributed by atoms with van der Waals surface area (Å²) in [4.78, 5) is 35.6. The van der Waals surface area contributed by atoms with E-state index in [9.17, 15) is 9.59 Å². The van der Waals surface area contributed by atoms with Gasteiger partial charge in [0.2, 0.25) is 17.8 Å². The van der Waals surface area contributed by atoms with Crippen molar-refractivity contribution in [3.05, 3.63) is 66.1 Å². The predicted octanol–water partition coefficient (Wildman–Crippen LogP) is 6.19. The second kappa shape index (κ2) is 13.2. The number of carbonyl (C=O) groups is 2. The maximum absolute atomic E-state index is 13.1. The Morgan fingerprint density at radius 2 is 1.88 bits per heavy atom. The second-order valence-corrected chi connectivity index (χ2v) is 12.5. The standard InChI is InChI=1S/C32H39ClN8O2/c1-2-29(42)37-25-5-3-4-22(15-25)17-34-31-28(33)19-35-32(39-31)38-26-18-36-41(20-26)27-10-12-40(13-11-27)30(43)16-24-14-21-6-8-23(24)9-7-21/h2-5,15,18-21,23-24,27H,1,6-14,16-17H2,(H,37,42)(H2,34,35,38,39). The van der Waals surface area contributed by atoms with E-state index < -0.39 is 0 Å². The minimum Gasteiger partial charge on any atom is -0.365 e. The molecule has 4 fully saturated rings. The monoisotopic (exact) mass is 602 g/mol. The lowest BCUT2D eigenvalue weighted by Crippen LogP contribution is -2.41. The highest BCUT2D eigenvalue weighted by Gasteiger charge is 2.37. The Labute approximate surface area is 257 Å². The lowest BCUT2D eigenvalue weighted by Gasteiger charge is -2.43. The summed E-state index contributed by atoms with van der Waals surface area (Å²) in [5.41, 5.74) is 2.41. The van der Waals surface area contributed by atoms with Crippen LogP contribution in [0.15, 0.2) is 55.5 Å². The number of fused-ring (bicyclic) bond motifs is 3. The van der Waals surface area contributed by atoms with E-state index in [1.54, 1.807) is 12.4 Å². The molecule has 10 nitrogen and oxygen atoms in total. The van der Waals surface area contributed by atoms with Gasteiger partial charge >= 0.3 is 0 Å². The lowest BCUT2D eigenvalue weighted by atomic mass is 9.64. The average Bonchev–Trinajstić information content (AvgIpc) is 3.50. The number of amides is 2. The van der Waals surface area contributed by atoms with E-state index >= 15 is 0 Å². The molecule has 11 heteroatoms. The van der Waals surface area contributed by atoms with Crippen LogP contribution >= 0.6 is 11.6 Å². The van der Waals surface area contributed by atoms with E-state index in [-0.39, 0.29) is 11.9 Å². The molecule has 1 saturated heterocycles. The molecular formula is C32H39ClN8O2. The van der Waals surface area contributed by atoms with Crippen LogP contribution in [0.4, 0.5) is 23.1 Å². The minimum absolute atomic E-state index is 0.251. The highest BCUT2D eigenvalue weighted by Crippen LogP contribution is 2.46. The molecule has 4 aliphatic rings. The first-order chi connectivity index (χ1) is 20.9. The van der Waals surface area contributed by atoms with E-state index in [0.29, 0.717) is 40.8 Å². The number of nitrogens with one attached hydrogen (secondary N) is 3. The number of aromatic nitrogens is 4. The van der Waals surface area contributed by atoms with Crippen LogP contribution < -0.4 is 16.0 Å². The first-order valence-corrected chi connectivity index (χ1v) is 15.7. The summed E-state index contributed by atoms with van der Waals surface area (Å²) in [6, 6.07) is 7.75. The first kappa shape index (κ1) is 29.2. The van der Waals surface area contributed by atoms with E-state index in [0.717, 1.165) is 55.4 Å². The third kappa shape index (κ3) is 7.18. The van der Waals surface area contributed by atoms with Gasteiger partial charge in [-0.25, -0.2) is 4.98 Å². The lowest BCUT2D eigenvalue weighted by molar-refractivity contribution is -0.135. The molecule has 226 valence electrons. The molecule has 7 rings (SSSR count). The quantitative estimate of drug-likeness (QED) is 0.237. The molecule has 2 bridgehead atoms. The van der Waals surface area contributed by atoms with Gasteiger partial charge in [0.1, 0.15) is 5.02 Å². The molecule has 1 aromatic carbocycles. The number of piperidine rings is 1. The molecule has 2 aromatic heterocycles. The van der Waals surface area contributed by atoms with Gasteiger partial charge in [-0.3, -0.25) is 14.3 Å². The van der Waals surface area contributed by atoms with Gasteiger partial charge in [0.25, 0.3) is 0 Å². The van der Waals surface area contributed by atoms with E-state index in [2.05, 4.69) is 42.5 Å². The van der Waals surface area contributed by atoms with Crippen molar-refractivity contribution in [2.24, 2.45) is 17.8 Å². The number of rotatable bonds is 10. The first-order valence-electron chi connectivity index (χ1n) is 15.3. The van der Waals surface area contributed by atoms with Crippen LogP contribution in [0.3, 0.4) is 0 Å². The SMILES string of the molecule is C=CC(=O)Nc1cccc(CNc2nc(Nc3cnn(C4CCN(C(=O)CC5CC6CCC5CC6)CC4)c3)ncc2Cl)c1. The van der Waals surface area contributed by atoms with Gasteiger partial charge in [0.15, 0.2) is 5.82 Å². The van der Waals surface area contributed by atoms with Gasteiger partial charge in [-0.15, -0.1) is 0 Å². The molecule has 3 aromatic rings. The van der Waals surface area contributed by atoms with Crippen molar-refractivity contribution in [2.45, 2.75) is 64.0 Å². The Hall–Kier alpha value is -3.92. The topological polar surface area (TPSA) is 117 Å². The molecule has 3 N–H and O–H groups in total. The van der Waals surface area contributed by atoms with Crippen LogP contribution in [0.1, 0.15) is 63.0 Å². The molecule has 1 aliphatic heterocycles. The summed E-state index contributed by atoms with van der Waals surface area (Å²) in [6.45, 7) is 5.50. The number of hydrogen-bond donors (Lipinski definition) is 3. The molecule has 2 amide bonds. The molecule has 0 spiro atoms. The maximum Gasteiger partial charge on any atom is 0.247 e. The van der Waals surface area contributed by atoms with Crippen molar-refractivity contribution in [2.75, 3.05) is 29.0 Å². The van der Waals surface area contributed by atoms with Crippen molar-refractivity contribution in [1.29, 1.82) is 0 Å². The zero-order chi connectivity index (χ0) is 29.8. The Morgan fingerprint density at radius 3 is 2.63 bits per heavy atom. The van der Waals surface area contributed by atoms with Crippen LogP contribution in [-0.2, 0) is 16.1 Å². The Morgan fingerprint density at radius 1 is 1.07 bits per heavy atom. The van der Waals surface area contributed by atoms with Gasteiger partial charge in [-0.1, -0.05) is 43.2 Å². The summed E-state index contributed by atoms with van der Waals surface area (Å²) >= 11 is 6.37. The summed E-state index contributed by atoms with van der Waals surface area (Å²) < 4.78 is 1.98. The Kier molecular flexibility index (Phi) is 8.92. The van der Waals surface area contributed by atoms with Gasteiger partial charge in [-0.2, -0.15) is 10.1 Å². The van der Waals surface area contributed by atoms with E-state index in [1.807, 2.05) is 35.1 Å². The number of nitrogens with zero attached hydrogens (tertiary/aromatic N) is 5. The smallest absolute Gasteiger partial charge is 0.247 e. The highest BCUT2D eigenvalue weighted by atomic mass is 35.5. The minimum atomic E-state index is -0.264. The Balaban J connectivity index is 1.000. The van der Waals surface area contributed by atoms with Crippen LogP contribution in [0, 0.1) is 17.8 Å². The number of likely N-dealkylation sites (tertiary alicyclic amines) is 1. The van der Waals surface area contributed by atoms with Gasteiger partial charge in [0, 0.05) is 37.9 Å². The van der Waals surface area contributed by atoms with Crippen molar-refractivity contribution in [3.63, 3.8) is 0 Å². The maximum atomic E-state index is 13.1. The third-order valence-electron chi connectivity index (χ3n) is 9.26. The van der Waals surface area contributed by atoms with E-state index in [4.69, 9.17) is 11.6 Å². The van der Waals surface area contributed by atoms with Crippen LogP contribution in [0.2, 0.25) is 5.02 Å². The fourth-order valence-electron chi connectivity index (χ4n) is 6.92. The molecular weight excluding hydrogens is 564 g/mol. The molecule has 3 heterocycles. The van der Waals surface area contributed by atoms with Crippen molar-refractivity contribution in [1.82, 2.24) is 24.6 Å². The van der Waals surface area contributed by atoms with Crippen LogP contribution in [0.5, 0.6) is 0 Å². The van der Waals surface area contributed by atoms with Gasteiger partial charge in [0.05, 0.1) is 24.1 Å². The highest BCUT2D eigenvalue weighted by molar-refractivity contribution is 6.32. The third-order valence-corrected chi connectivity index (χ3v) is 9.54. The fourth-order valence-corrected chi connectivity index (χ4v) is 7.08. The molecule has 1 atom stereocenters. The van der Waals surface area contributed by atoms with Gasteiger partial charge < -0.3 is 20.9 Å². The number of carbonyl (C=O) groups excluding carboxylic acids is 2. The normalized spacial score (nSPS) is 21.8. The predicted molar refractivity (Wildman–Crippen MR) is 168 cm³/mol. The van der Waals surface area contributed by atoms with Crippen LogP contribution in [0.25, 0.3) is 0 Å². The zero-order valence-corrected chi connectivity index (χ0v) is 25.1. The Bertz CT molecular complexity index is 1460. The molecule has 1 unspecified atom stereocenters. The number of halogens is 1. The molecule has 0 radical (unpaired) electrons. The summed E-state index contributed by atoms with van der Waals surface area (Å²) in [7, 11) is 0. The summed E-state index contributed by atoms with van der Waals surface area (Å²) in [6.07, 6.45) is 15.7. The fraction of sp³-hybridized carbons (Fsp3) is 0.469. The zero-order valence-electron chi connectivity index (χ0n) is 24.3. The average molecular weight is 603 g/mol. The molecule has 43 heavy (non-hydrogen) atoms. The molecule has 3 saturated carbocycles. The van der Waals surface area contributed by atoms with Crippen LogP contribution in [-0.4, -0.2) is 49.6 Å². The number of hydrogen-bond acceptors (Lipinski definition) is 7. The van der Waals surface area contributed by atoms with Crippen molar-refractivity contribution >= 4 is 46.6 Å². The number of benzene rings is 1. The van der Waals surface area contributed by atoms with E-state index in [1.165, 1.54) is 38.2 Å². The molecule has 3 aliphatic carbocycles. The van der Waals surface area contributed by atoms with Crippen molar-refractivity contribution < 1.29 is 9.59 Å². The summed E-state index contributed by atoms with van der Waals surface area (Å²) in [5.74, 6) is 3.20. The largest absolute Gasteiger partial charge is 0.365 e. The van der Waals surface area contributed by atoms with Gasteiger partial charge in [-0.05, 0) is 73.6 Å². The summed E-state index contributed by atoms with van der Waals surface area (Å²) in [5, 5.41) is 14.2.